The van der Waals surface area contributed by atoms with Crippen LogP contribution in [0.4, 0.5) is 0 Å². The standard InChI is InChI=1S/C16H23BrN2O2/c1-19(16(20)6-3-12-7-8-18-10-12)11-13-9-14(17)4-5-15(13)21-2/h4-5,9,12,18H,3,6-8,10-11H2,1-2H3. The van der Waals surface area contributed by atoms with Crippen molar-refractivity contribution in [2.45, 2.75) is 25.8 Å². The fraction of sp³-hybridized carbons (Fsp3) is 0.562. The Morgan fingerprint density at radius 3 is 3.00 bits per heavy atom. The fourth-order valence-electron chi connectivity index (χ4n) is 2.69. The van der Waals surface area contributed by atoms with Crippen molar-refractivity contribution in [2.24, 2.45) is 5.92 Å². The Kier molecular flexibility index (Phi) is 6.06. The first-order valence-corrected chi connectivity index (χ1v) is 8.16. The summed E-state index contributed by atoms with van der Waals surface area (Å²) in [7, 11) is 3.51. The highest BCUT2D eigenvalue weighted by atomic mass is 79.9. The van der Waals surface area contributed by atoms with Crippen LogP contribution in [0.2, 0.25) is 0 Å². The molecular formula is C16H23BrN2O2. The number of ether oxygens (including phenoxy) is 1. The molecule has 0 bridgehead atoms. The van der Waals surface area contributed by atoms with E-state index >= 15 is 0 Å². The lowest BCUT2D eigenvalue weighted by Crippen LogP contribution is -2.26. The Morgan fingerprint density at radius 1 is 1.52 bits per heavy atom. The molecule has 1 heterocycles. The number of rotatable bonds is 6. The second-order valence-corrected chi connectivity index (χ2v) is 6.52. The molecule has 1 fully saturated rings. The number of amides is 1. The van der Waals surface area contributed by atoms with Crippen molar-refractivity contribution < 1.29 is 9.53 Å². The third-order valence-corrected chi connectivity index (χ3v) is 4.50. The minimum absolute atomic E-state index is 0.198. The number of benzene rings is 1. The molecule has 21 heavy (non-hydrogen) atoms. The predicted molar refractivity (Wildman–Crippen MR) is 87.4 cm³/mol. The number of halogens is 1. The van der Waals surface area contributed by atoms with Crippen LogP contribution < -0.4 is 10.1 Å². The van der Waals surface area contributed by atoms with Crippen molar-refractivity contribution in [3.63, 3.8) is 0 Å². The summed E-state index contributed by atoms with van der Waals surface area (Å²) in [4.78, 5) is 14.0. The Bertz CT molecular complexity index is 487. The highest BCUT2D eigenvalue weighted by molar-refractivity contribution is 9.10. The zero-order valence-electron chi connectivity index (χ0n) is 12.7. The van der Waals surface area contributed by atoms with Crippen LogP contribution in [0.1, 0.15) is 24.8 Å². The first-order chi connectivity index (χ1) is 10.1. The number of hydrogen-bond acceptors (Lipinski definition) is 3. The smallest absolute Gasteiger partial charge is 0.222 e. The van der Waals surface area contributed by atoms with E-state index in [-0.39, 0.29) is 5.91 Å². The van der Waals surface area contributed by atoms with Crippen LogP contribution in [0.3, 0.4) is 0 Å². The molecule has 1 atom stereocenters. The zero-order chi connectivity index (χ0) is 15.2. The summed E-state index contributed by atoms with van der Waals surface area (Å²) in [6.45, 7) is 2.71. The molecule has 1 N–H and O–H groups in total. The second-order valence-electron chi connectivity index (χ2n) is 5.60. The van der Waals surface area contributed by atoms with Gasteiger partial charge in [0.05, 0.1) is 7.11 Å². The van der Waals surface area contributed by atoms with Gasteiger partial charge in [-0.1, -0.05) is 15.9 Å². The summed E-state index contributed by atoms with van der Waals surface area (Å²) in [6.07, 6.45) is 2.79. The maximum absolute atomic E-state index is 12.2. The molecule has 0 aliphatic carbocycles. The Labute approximate surface area is 135 Å². The molecule has 1 aromatic rings. The van der Waals surface area contributed by atoms with Gasteiger partial charge in [-0.3, -0.25) is 4.79 Å². The van der Waals surface area contributed by atoms with Crippen LogP contribution in [0.5, 0.6) is 5.75 Å². The van der Waals surface area contributed by atoms with Crippen LogP contribution in [0, 0.1) is 5.92 Å². The highest BCUT2D eigenvalue weighted by Gasteiger charge is 2.18. The molecule has 1 unspecified atom stereocenters. The van der Waals surface area contributed by atoms with Gasteiger partial charge in [0.2, 0.25) is 5.91 Å². The SMILES string of the molecule is COc1ccc(Br)cc1CN(C)C(=O)CCC1CCNC1. The van der Waals surface area contributed by atoms with Gasteiger partial charge in [0.1, 0.15) is 5.75 Å². The summed E-state index contributed by atoms with van der Waals surface area (Å²) in [6, 6.07) is 5.86. The van der Waals surface area contributed by atoms with Crippen molar-refractivity contribution in [2.75, 3.05) is 27.2 Å². The van der Waals surface area contributed by atoms with Crippen LogP contribution in [0.15, 0.2) is 22.7 Å². The minimum Gasteiger partial charge on any atom is -0.496 e. The first kappa shape index (κ1) is 16.3. The van der Waals surface area contributed by atoms with E-state index in [1.807, 2.05) is 25.2 Å². The molecule has 1 aliphatic rings. The molecule has 0 aromatic heterocycles. The van der Waals surface area contributed by atoms with Gasteiger partial charge in [-0.15, -0.1) is 0 Å². The second kappa shape index (κ2) is 7.80. The molecule has 116 valence electrons. The molecule has 2 rings (SSSR count). The van der Waals surface area contributed by atoms with Gasteiger partial charge in [-0.25, -0.2) is 0 Å². The topological polar surface area (TPSA) is 41.6 Å². The predicted octanol–water partition coefficient (Wildman–Crippen LogP) is 2.81. The Hall–Kier alpha value is -1.07. The Morgan fingerprint density at radius 2 is 2.33 bits per heavy atom. The van der Waals surface area contributed by atoms with E-state index < -0.39 is 0 Å². The average molecular weight is 355 g/mol. The van der Waals surface area contributed by atoms with Crippen molar-refractivity contribution in [1.82, 2.24) is 10.2 Å². The van der Waals surface area contributed by atoms with Crippen LogP contribution in [0.25, 0.3) is 0 Å². The molecule has 5 heteroatoms. The molecule has 4 nitrogen and oxygen atoms in total. The summed E-state index contributed by atoms with van der Waals surface area (Å²) in [5, 5.41) is 3.34. The van der Waals surface area contributed by atoms with E-state index in [1.165, 1.54) is 6.42 Å². The summed E-state index contributed by atoms with van der Waals surface area (Å²) in [5.41, 5.74) is 1.02. The number of nitrogens with zero attached hydrogens (tertiary/aromatic N) is 1. The highest BCUT2D eigenvalue weighted by Crippen LogP contribution is 2.24. The average Bonchev–Trinajstić information content (AvgIpc) is 2.98. The lowest BCUT2D eigenvalue weighted by atomic mass is 10.0. The number of carbonyl (C=O) groups excluding carboxylic acids is 1. The van der Waals surface area contributed by atoms with Crippen LogP contribution in [-0.4, -0.2) is 38.1 Å². The lowest BCUT2D eigenvalue weighted by Gasteiger charge is -2.20. The summed E-state index contributed by atoms with van der Waals surface area (Å²) in [5.74, 6) is 1.67. The minimum atomic E-state index is 0.198. The van der Waals surface area contributed by atoms with E-state index in [9.17, 15) is 4.79 Å². The van der Waals surface area contributed by atoms with Gasteiger partial charge in [-0.2, -0.15) is 0 Å². The van der Waals surface area contributed by atoms with E-state index in [4.69, 9.17) is 4.74 Å². The number of methoxy groups -OCH3 is 1. The van der Waals surface area contributed by atoms with E-state index in [1.54, 1.807) is 12.0 Å². The number of nitrogens with one attached hydrogen (secondary N) is 1. The van der Waals surface area contributed by atoms with E-state index in [0.29, 0.717) is 18.9 Å². The van der Waals surface area contributed by atoms with Crippen molar-refractivity contribution in [1.29, 1.82) is 0 Å². The molecular weight excluding hydrogens is 332 g/mol. The summed E-state index contributed by atoms with van der Waals surface area (Å²) >= 11 is 3.46. The maximum Gasteiger partial charge on any atom is 0.222 e. The van der Waals surface area contributed by atoms with Gasteiger partial charge in [0.25, 0.3) is 0 Å². The molecule has 1 saturated heterocycles. The maximum atomic E-state index is 12.2. The summed E-state index contributed by atoms with van der Waals surface area (Å²) < 4.78 is 6.35. The van der Waals surface area contributed by atoms with Gasteiger partial charge in [0, 0.05) is 30.0 Å². The third kappa shape index (κ3) is 4.71. The van der Waals surface area contributed by atoms with Crippen molar-refractivity contribution in [3.8, 4) is 5.75 Å². The molecule has 0 saturated carbocycles. The quantitative estimate of drug-likeness (QED) is 0.853. The van der Waals surface area contributed by atoms with E-state index in [2.05, 4.69) is 21.2 Å². The van der Waals surface area contributed by atoms with Crippen molar-refractivity contribution >= 4 is 21.8 Å². The van der Waals surface area contributed by atoms with Crippen LogP contribution >= 0.6 is 15.9 Å². The van der Waals surface area contributed by atoms with Crippen molar-refractivity contribution in [3.05, 3.63) is 28.2 Å². The molecule has 1 amide bonds. The van der Waals surface area contributed by atoms with Gasteiger partial charge in [-0.05, 0) is 50.0 Å². The van der Waals surface area contributed by atoms with E-state index in [0.717, 1.165) is 35.3 Å². The number of hydrogen-bond donors (Lipinski definition) is 1. The lowest BCUT2D eigenvalue weighted by molar-refractivity contribution is -0.130. The third-order valence-electron chi connectivity index (χ3n) is 4.00. The first-order valence-electron chi connectivity index (χ1n) is 7.37. The fourth-order valence-corrected chi connectivity index (χ4v) is 3.10. The zero-order valence-corrected chi connectivity index (χ0v) is 14.3. The molecule has 0 radical (unpaired) electrons. The molecule has 1 aliphatic heterocycles. The molecule has 0 spiro atoms. The van der Waals surface area contributed by atoms with Crippen LogP contribution in [-0.2, 0) is 11.3 Å². The monoisotopic (exact) mass is 354 g/mol. The Balaban J connectivity index is 1.89. The van der Waals surface area contributed by atoms with Gasteiger partial charge in [0.15, 0.2) is 0 Å². The normalized spacial score (nSPS) is 17.8. The van der Waals surface area contributed by atoms with Gasteiger partial charge >= 0.3 is 0 Å². The van der Waals surface area contributed by atoms with Gasteiger partial charge < -0.3 is 15.0 Å². The molecule has 1 aromatic carbocycles. The largest absolute Gasteiger partial charge is 0.496 e. The number of carbonyl (C=O) groups is 1.